The summed E-state index contributed by atoms with van der Waals surface area (Å²) in [6, 6.07) is 19.8. The smallest absolute Gasteiger partial charge is 0.233 e. The first-order valence-corrected chi connectivity index (χ1v) is 10.3. The van der Waals surface area contributed by atoms with Crippen LogP contribution in [0.5, 0.6) is 0 Å². The van der Waals surface area contributed by atoms with Crippen molar-refractivity contribution in [1.29, 1.82) is 0 Å². The first kappa shape index (κ1) is 20.3. The monoisotopic (exact) mass is 439 g/mol. The van der Waals surface area contributed by atoms with Gasteiger partial charge < -0.3 is 5.32 Å². The number of hydrogen-bond acceptors (Lipinski definition) is 2. The Kier molecular flexibility index (Phi) is 6.04. The van der Waals surface area contributed by atoms with Crippen LogP contribution in [0.4, 0.5) is 5.82 Å². The fraction of sp³-hybridized carbons (Fsp3) is 0.304. The predicted octanol–water partition coefficient (Wildman–Crippen LogP) is 6.06. The second-order valence-corrected chi connectivity index (χ2v) is 8.83. The number of carbonyl (C=O) groups is 1. The van der Waals surface area contributed by atoms with Gasteiger partial charge in [-0.1, -0.05) is 74.0 Å². The Labute approximate surface area is 175 Å². The van der Waals surface area contributed by atoms with E-state index in [0.717, 1.165) is 27.8 Å². The molecule has 2 aromatic carbocycles. The first-order valence-electron chi connectivity index (χ1n) is 9.52. The van der Waals surface area contributed by atoms with Gasteiger partial charge in [-0.25, -0.2) is 4.68 Å². The SMILES string of the molecule is CC[C@@H](C(=O)Nc1cc(C(C)(C)C)nn1-c1ccc(Br)cc1)c1ccccc1. The summed E-state index contributed by atoms with van der Waals surface area (Å²) < 4.78 is 2.81. The van der Waals surface area contributed by atoms with E-state index < -0.39 is 0 Å². The molecule has 3 rings (SSSR count). The van der Waals surface area contributed by atoms with Crippen LogP contribution in [0.15, 0.2) is 65.1 Å². The van der Waals surface area contributed by atoms with Crippen LogP contribution in [0.25, 0.3) is 5.69 Å². The van der Waals surface area contributed by atoms with Crippen LogP contribution in [-0.2, 0) is 10.2 Å². The second-order valence-electron chi connectivity index (χ2n) is 7.91. The molecule has 0 bridgehead atoms. The van der Waals surface area contributed by atoms with Gasteiger partial charge in [0.1, 0.15) is 5.82 Å². The Morgan fingerprint density at radius 3 is 2.32 bits per heavy atom. The number of rotatable bonds is 5. The van der Waals surface area contributed by atoms with Crippen molar-refractivity contribution in [3.05, 3.63) is 76.4 Å². The molecule has 1 heterocycles. The molecular formula is C23H26BrN3O. The third-order valence-corrected chi connectivity index (χ3v) is 5.26. The number of halogens is 1. The molecule has 0 fully saturated rings. The largest absolute Gasteiger partial charge is 0.310 e. The van der Waals surface area contributed by atoms with Gasteiger partial charge in [0, 0.05) is 16.0 Å². The summed E-state index contributed by atoms with van der Waals surface area (Å²) in [6.45, 7) is 8.38. The number of nitrogens with zero attached hydrogens (tertiary/aromatic N) is 2. The van der Waals surface area contributed by atoms with Crippen molar-refractivity contribution >= 4 is 27.7 Å². The van der Waals surface area contributed by atoms with E-state index in [2.05, 4.69) is 42.0 Å². The summed E-state index contributed by atoms with van der Waals surface area (Å²) >= 11 is 3.47. The number of aromatic nitrogens is 2. The van der Waals surface area contributed by atoms with Gasteiger partial charge in [0.15, 0.2) is 0 Å². The van der Waals surface area contributed by atoms with E-state index in [1.165, 1.54) is 0 Å². The highest BCUT2D eigenvalue weighted by Crippen LogP contribution is 2.28. The number of hydrogen-bond donors (Lipinski definition) is 1. The summed E-state index contributed by atoms with van der Waals surface area (Å²) in [7, 11) is 0. The molecule has 0 aliphatic heterocycles. The van der Waals surface area contributed by atoms with E-state index in [-0.39, 0.29) is 17.2 Å². The van der Waals surface area contributed by atoms with E-state index in [1.54, 1.807) is 0 Å². The molecule has 0 saturated carbocycles. The molecular weight excluding hydrogens is 414 g/mol. The molecule has 1 amide bonds. The Bertz CT molecular complexity index is 940. The van der Waals surface area contributed by atoms with E-state index in [4.69, 9.17) is 5.10 Å². The van der Waals surface area contributed by atoms with Crippen LogP contribution in [0.2, 0.25) is 0 Å². The molecule has 146 valence electrons. The van der Waals surface area contributed by atoms with Crippen LogP contribution < -0.4 is 5.32 Å². The Morgan fingerprint density at radius 2 is 1.75 bits per heavy atom. The van der Waals surface area contributed by atoms with Crippen LogP contribution in [-0.4, -0.2) is 15.7 Å². The Hall–Kier alpha value is -2.40. The van der Waals surface area contributed by atoms with Gasteiger partial charge in [0.05, 0.1) is 17.3 Å². The van der Waals surface area contributed by atoms with Crippen LogP contribution in [0, 0.1) is 0 Å². The maximum absolute atomic E-state index is 13.1. The molecule has 1 aromatic heterocycles. The average molecular weight is 440 g/mol. The lowest BCUT2D eigenvalue weighted by Crippen LogP contribution is -2.22. The second kappa shape index (κ2) is 8.31. The topological polar surface area (TPSA) is 46.9 Å². The van der Waals surface area contributed by atoms with Crippen molar-refractivity contribution in [2.45, 2.75) is 45.4 Å². The third kappa shape index (κ3) is 4.53. The van der Waals surface area contributed by atoms with Gasteiger partial charge in [-0.3, -0.25) is 4.79 Å². The third-order valence-electron chi connectivity index (χ3n) is 4.73. The minimum Gasteiger partial charge on any atom is -0.310 e. The first-order chi connectivity index (χ1) is 13.3. The minimum atomic E-state index is -0.201. The molecule has 0 saturated heterocycles. The molecule has 28 heavy (non-hydrogen) atoms. The van der Waals surface area contributed by atoms with Crippen molar-refractivity contribution in [2.75, 3.05) is 5.32 Å². The molecule has 0 unspecified atom stereocenters. The van der Waals surface area contributed by atoms with Crippen LogP contribution in [0.3, 0.4) is 0 Å². The lowest BCUT2D eigenvalue weighted by molar-refractivity contribution is -0.117. The van der Waals surface area contributed by atoms with E-state index in [1.807, 2.05) is 72.3 Å². The van der Waals surface area contributed by atoms with Gasteiger partial charge in [0.2, 0.25) is 5.91 Å². The number of carbonyl (C=O) groups excluding carboxylic acids is 1. The molecule has 0 spiro atoms. The van der Waals surface area contributed by atoms with Crippen LogP contribution in [0.1, 0.15) is 51.3 Å². The number of amides is 1. The van der Waals surface area contributed by atoms with Crippen molar-refractivity contribution in [3.8, 4) is 5.69 Å². The summed E-state index contributed by atoms with van der Waals surface area (Å²) in [6.07, 6.45) is 0.731. The van der Waals surface area contributed by atoms with Crippen molar-refractivity contribution in [2.24, 2.45) is 0 Å². The summed E-state index contributed by atoms with van der Waals surface area (Å²) in [5.74, 6) is 0.464. The average Bonchev–Trinajstić information content (AvgIpc) is 3.08. The number of anilines is 1. The van der Waals surface area contributed by atoms with E-state index >= 15 is 0 Å². The van der Waals surface area contributed by atoms with Gasteiger partial charge in [-0.2, -0.15) is 5.10 Å². The fourth-order valence-electron chi connectivity index (χ4n) is 3.09. The highest BCUT2D eigenvalue weighted by molar-refractivity contribution is 9.10. The normalized spacial score (nSPS) is 12.6. The standard InChI is InChI=1S/C23H26BrN3O/c1-5-19(16-9-7-6-8-10-16)22(28)25-21-15-20(23(2,3)4)26-27(21)18-13-11-17(24)12-14-18/h6-15,19H,5H2,1-4H3,(H,25,28)/t19-/m1/s1. The molecule has 0 aliphatic rings. The Balaban J connectivity index is 1.97. The van der Waals surface area contributed by atoms with Crippen LogP contribution >= 0.6 is 15.9 Å². The molecule has 0 radical (unpaired) electrons. The van der Waals surface area contributed by atoms with E-state index in [0.29, 0.717) is 5.82 Å². The zero-order valence-electron chi connectivity index (χ0n) is 16.7. The van der Waals surface area contributed by atoms with Crippen molar-refractivity contribution < 1.29 is 4.79 Å². The van der Waals surface area contributed by atoms with E-state index in [9.17, 15) is 4.79 Å². The zero-order valence-corrected chi connectivity index (χ0v) is 18.3. The van der Waals surface area contributed by atoms with Gasteiger partial charge in [-0.05, 0) is 36.2 Å². The Morgan fingerprint density at radius 1 is 1.11 bits per heavy atom. The molecule has 1 atom stereocenters. The van der Waals surface area contributed by atoms with Crippen molar-refractivity contribution in [1.82, 2.24) is 9.78 Å². The molecule has 5 heteroatoms. The summed E-state index contributed by atoms with van der Waals surface area (Å²) in [4.78, 5) is 13.1. The predicted molar refractivity (Wildman–Crippen MR) is 118 cm³/mol. The quantitative estimate of drug-likeness (QED) is 0.524. The van der Waals surface area contributed by atoms with Gasteiger partial charge in [-0.15, -0.1) is 0 Å². The fourth-order valence-corrected chi connectivity index (χ4v) is 3.35. The van der Waals surface area contributed by atoms with Gasteiger partial charge >= 0.3 is 0 Å². The zero-order chi connectivity index (χ0) is 20.3. The van der Waals surface area contributed by atoms with Gasteiger partial charge in [0.25, 0.3) is 0 Å². The molecule has 4 nitrogen and oxygen atoms in total. The summed E-state index contributed by atoms with van der Waals surface area (Å²) in [5.41, 5.74) is 2.73. The number of nitrogens with one attached hydrogen (secondary N) is 1. The maximum atomic E-state index is 13.1. The lowest BCUT2D eigenvalue weighted by Gasteiger charge is -2.16. The lowest BCUT2D eigenvalue weighted by atomic mass is 9.92. The highest BCUT2D eigenvalue weighted by Gasteiger charge is 2.24. The highest BCUT2D eigenvalue weighted by atomic mass is 79.9. The number of benzene rings is 2. The minimum absolute atomic E-state index is 0.0209. The summed E-state index contributed by atoms with van der Waals surface area (Å²) in [5, 5.41) is 7.89. The van der Waals surface area contributed by atoms with Crippen molar-refractivity contribution in [3.63, 3.8) is 0 Å². The molecule has 0 aliphatic carbocycles. The maximum Gasteiger partial charge on any atom is 0.233 e. The molecule has 1 N–H and O–H groups in total. The molecule has 3 aromatic rings.